The molecular formula is C15H21F5O7S. The van der Waals surface area contributed by atoms with Crippen LogP contribution in [0, 0.1) is 5.92 Å². The van der Waals surface area contributed by atoms with Gasteiger partial charge < -0.3 is 14.6 Å². The van der Waals surface area contributed by atoms with E-state index in [0.717, 1.165) is 0 Å². The minimum absolute atomic E-state index is 0.0476. The van der Waals surface area contributed by atoms with Crippen LogP contribution < -0.4 is 0 Å². The van der Waals surface area contributed by atoms with Gasteiger partial charge in [0.05, 0.1) is 12.2 Å². The highest BCUT2D eigenvalue weighted by atomic mass is 32.2. The Morgan fingerprint density at radius 3 is 2.07 bits per heavy atom. The number of ether oxygens (including phenoxy) is 2. The zero-order chi connectivity index (χ0) is 22.0. The Morgan fingerprint density at radius 1 is 1.14 bits per heavy atom. The number of hydrogen-bond donors (Lipinski definition) is 2. The monoisotopic (exact) mass is 440 g/mol. The van der Waals surface area contributed by atoms with Crippen molar-refractivity contribution in [1.82, 2.24) is 0 Å². The van der Waals surface area contributed by atoms with Gasteiger partial charge in [0.1, 0.15) is 12.7 Å². The molecule has 0 spiro atoms. The van der Waals surface area contributed by atoms with E-state index < -0.39 is 63.9 Å². The molecular weight excluding hydrogens is 419 g/mol. The smallest absolute Gasteiger partial charge is 0.417 e. The first-order chi connectivity index (χ1) is 12.5. The van der Waals surface area contributed by atoms with Crippen LogP contribution in [-0.2, 0) is 24.4 Å². The minimum Gasteiger partial charge on any atom is -0.459 e. The van der Waals surface area contributed by atoms with Gasteiger partial charge in [-0.15, -0.1) is 0 Å². The van der Waals surface area contributed by atoms with Gasteiger partial charge in [-0.2, -0.15) is 30.4 Å². The van der Waals surface area contributed by atoms with E-state index in [9.17, 15) is 40.3 Å². The third kappa shape index (κ3) is 6.09. The summed E-state index contributed by atoms with van der Waals surface area (Å²) in [6.07, 6.45) is -5.53. The SMILES string of the molecule is C=C(COCC(F)(F)S(=O)(=O)O)C(=O)OC1CCC(C(C)(O)C(F)(F)F)CC1. The number of carbonyl (C=O) groups excluding carboxylic acids is 1. The predicted octanol–water partition coefficient (Wildman–Crippen LogP) is 2.46. The lowest BCUT2D eigenvalue weighted by Gasteiger charge is -2.38. The first-order valence-electron chi connectivity index (χ1n) is 8.09. The number of esters is 1. The molecule has 13 heteroatoms. The van der Waals surface area contributed by atoms with Gasteiger partial charge in [0, 0.05) is 0 Å². The standard InChI is InChI=1S/C15H21F5O7S/c1-9(7-26-8-14(16,17)28(23,24)25)12(21)27-11-5-3-10(4-6-11)13(2,22)15(18,19)20/h10-11,22H,1,3-8H2,2H3,(H,23,24,25). The maximum Gasteiger partial charge on any atom is 0.417 e. The molecule has 1 aliphatic carbocycles. The van der Waals surface area contributed by atoms with Crippen molar-refractivity contribution in [3.63, 3.8) is 0 Å². The van der Waals surface area contributed by atoms with Gasteiger partial charge in [-0.3, -0.25) is 4.55 Å². The Balaban J connectivity index is 2.46. The molecule has 1 aliphatic rings. The Bertz CT molecular complexity index is 679. The molecule has 1 atom stereocenters. The van der Waals surface area contributed by atoms with Crippen molar-refractivity contribution >= 4 is 16.1 Å². The van der Waals surface area contributed by atoms with Crippen LogP contribution in [0.2, 0.25) is 0 Å². The van der Waals surface area contributed by atoms with Crippen LogP contribution >= 0.6 is 0 Å². The van der Waals surface area contributed by atoms with Gasteiger partial charge in [0.25, 0.3) is 0 Å². The highest BCUT2D eigenvalue weighted by Gasteiger charge is 2.55. The molecule has 164 valence electrons. The van der Waals surface area contributed by atoms with E-state index in [1.54, 1.807) is 0 Å². The fraction of sp³-hybridized carbons (Fsp3) is 0.800. The van der Waals surface area contributed by atoms with Crippen molar-refractivity contribution in [1.29, 1.82) is 0 Å². The summed E-state index contributed by atoms with van der Waals surface area (Å²) in [6.45, 7) is 1.41. The van der Waals surface area contributed by atoms with Crippen LogP contribution in [0.4, 0.5) is 22.0 Å². The van der Waals surface area contributed by atoms with E-state index in [1.165, 1.54) is 0 Å². The maximum atomic E-state index is 13.0. The van der Waals surface area contributed by atoms with E-state index in [0.29, 0.717) is 6.92 Å². The van der Waals surface area contributed by atoms with Gasteiger partial charge in [0.15, 0.2) is 5.60 Å². The molecule has 0 aromatic carbocycles. The summed E-state index contributed by atoms with van der Waals surface area (Å²) in [7, 11) is -5.68. The molecule has 28 heavy (non-hydrogen) atoms. The number of alkyl halides is 5. The highest BCUT2D eigenvalue weighted by Crippen LogP contribution is 2.43. The van der Waals surface area contributed by atoms with Crippen molar-refractivity contribution in [2.75, 3.05) is 13.2 Å². The molecule has 0 saturated heterocycles. The number of rotatable bonds is 8. The second-order valence-corrected chi connectivity index (χ2v) is 8.28. The largest absolute Gasteiger partial charge is 0.459 e. The summed E-state index contributed by atoms with van der Waals surface area (Å²) >= 11 is 0. The highest BCUT2D eigenvalue weighted by molar-refractivity contribution is 7.86. The summed E-state index contributed by atoms with van der Waals surface area (Å²) in [5.41, 5.74) is -3.28. The Hall–Kier alpha value is -1.31. The summed E-state index contributed by atoms with van der Waals surface area (Å²) < 4.78 is 103. The Labute approximate surface area is 158 Å². The second kappa shape index (κ2) is 8.59. The molecule has 0 aromatic heterocycles. The molecule has 1 unspecified atom stereocenters. The topological polar surface area (TPSA) is 110 Å². The summed E-state index contributed by atoms with van der Waals surface area (Å²) in [5, 5.41) is 5.10. The first kappa shape index (κ1) is 24.7. The van der Waals surface area contributed by atoms with Crippen LogP contribution in [0.15, 0.2) is 12.2 Å². The average Bonchev–Trinajstić information content (AvgIpc) is 2.52. The molecule has 1 rings (SSSR count). The van der Waals surface area contributed by atoms with Crippen molar-refractivity contribution in [2.45, 2.75) is 55.7 Å². The van der Waals surface area contributed by atoms with Crippen molar-refractivity contribution < 1.29 is 54.3 Å². The zero-order valence-corrected chi connectivity index (χ0v) is 15.7. The number of carbonyl (C=O) groups is 1. The molecule has 7 nitrogen and oxygen atoms in total. The lowest BCUT2D eigenvalue weighted by atomic mass is 9.76. The molecule has 0 bridgehead atoms. The molecule has 0 radical (unpaired) electrons. The van der Waals surface area contributed by atoms with E-state index in [-0.39, 0.29) is 25.7 Å². The predicted molar refractivity (Wildman–Crippen MR) is 85.0 cm³/mol. The molecule has 0 amide bonds. The lowest BCUT2D eigenvalue weighted by Crippen LogP contribution is -2.50. The minimum atomic E-state index is -5.68. The van der Waals surface area contributed by atoms with Crippen molar-refractivity contribution in [3.05, 3.63) is 12.2 Å². The second-order valence-electron chi connectivity index (χ2n) is 6.73. The molecule has 1 fully saturated rings. The molecule has 0 aromatic rings. The van der Waals surface area contributed by atoms with E-state index >= 15 is 0 Å². The van der Waals surface area contributed by atoms with E-state index in [4.69, 9.17) is 9.29 Å². The summed E-state index contributed by atoms with van der Waals surface area (Å²) in [4.78, 5) is 11.8. The lowest BCUT2D eigenvalue weighted by molar-refractivity contribution is -0.276. The van der Waals surface area contributed by atoms with Crippen LogP contribution in [0.3, 0.4) is 0 Å². The number of aliphatic hydroxyl groups is 1. The fourth-order valence-electron chi connectivity index (χ4n) is 2.64. The van der Waals surface area contributed by atoms with Gasteiger partial charge in [-0.25, -0.2) is 4.79 Å². The van der Waals surface area contributed by atoms with Crippen molar-refractivity contribution in [2.24, 2.45) is 5.92 Å². The number of hydrogen-bond acceptors (Lipinski definition) is 6. The summed E-state index contributed by atoms with van der Waals surface area (Å²) in [6, 6.07) is 0. The fourth-order valence-corrected chi connectivity index (χ4v) is 2.87. The normalized spacial score (nSPS) is 23.7. The van der Waals surface area contributed by atoms with Crippen LogP contribution in [0.25, 0.3) is 0 Å². The van der Waals surface area contributed by atoms with Gasteiger partial charge in [0.2, 0.25) is 0 Å². The van der Waals surface area contributed by atoms with Gasteiger partial charge >= 0.3 is 27.5 Å². The quantitative estimate of drug-likeness (QED) is 0.258. The third-order valence-electron chi connectivity index (χ3n) is 4.53. The van der Waals surface area contributed by atoms with Crippen LogP contribution in [0.5, 0.6) is 0 Å². The van der Waals surface area contributed by atoms with Crippen LogP contribution in [-0.4, -0.2) is 60.4 Å². The molecule has 0 aliphatic heterocycles. The zero-order valence-electron chi connectivity index (χ0n) is 14.8. The van der Waals surface area contributed by atoms with Crippen LogP contribution in [0.1, 0.15) is 32.6 Å². The molecule has 2 N–H and O–H groups in total. The third-order valence-corrected chi connectivity index (χ3v) is 5.40. The van der Waals surface area contributed by atoms with E-state index in [1.807, 2.05) is 0 Å². The average molecular weight is 440 g/mol. The Kier molecular flexibility index (Phi) is 7.59. The first-order valence-corrected chi connectivity index (χ1v) is 9.53. The van der Waals surface area contributed by atoms with Gasteiger partial charge in [-0.1, -0.05) is 6.58 Å². The molecule has 1 saturated carbocycles. The maximum absolute atomic E-state index is 13.0. The van der Waals surface area contributed by atoms with Gasteiger partial charge in [-0.05, 0) is 38.5 Å². The van der Waals surface area contributed by atoms with E-state index in [2.05, 4.69) is 11.3 Å². The number of halogens is 5. The van der Waals surface area contributed by atoms with Crippen molar-refractivity contribution in [3.8, 4) is 0 Å². The molecule has 0 heterocycles. The Morgan fingerprint density at radius 2 is 1.64 bits per heavy atom. The summed E-state index contributed by atoms with van der Waals surface area (Å²) in [5.74, 6) is -2.10.